The SMILES string of the molecule is CC(C)Cn1ncnc1CC(=O)CC1(N)CCCCC1. The molecule has 0 spiro atoms. The van der Waals surface area contributed by atoms with Crippen molar-refractivity contribution < 1.29 is 4.79 Å². The molecule has 1 aromatic rings. The summed E-state index contributed by atoms with van der Waals surface area (Å²) >= 11 is 0. The molecule has 20 heavy (non-hydrogen) atoms. The molecule has 112 valence electrons. The maximum atomic E-state index is 12.3. The first-order chi connectivity index (χ1) is 9.48. The van der Waals surface area contributed by atoms with Crippen molar-refractivity contribution in [3.8, 4) is 0 Å². The zero-order valence-corrected chi connectivity index (χ0v) is 12.6. The number of carbonyl (C=O) groups is 1. The molecule has 0 saturated heterocycles. The Morgan fingerprint density at radius 1 is 1.40 bits per heavy atom. The van der Waals surface area contributed by atoms with Gasteiger partial charge >= 0.3 is 0 Å². The Kier molecular flexibility index (Phi) is 4.91. The molecule has 1 saturated carbocycles. The third kappa shape index (κ3) is 4.13. The highest BCUT2D eigenvalue weighted by atomic mass is 16.1. The molecule has 1 aromatic heterocycles. The number of ketones is 1. The van der Waals surface area contributed by atoms with Crippen LogP contribution in [0.5, 0.6) is 0 Å². The minimum Gasteiger partial charge on any atom is -0.325 e. The van der Waals surface area contributed by atoms with Gasteiger partial charge < -0.3 is 5.73 Å². The molecule has 1 aliphatic rings. The van der Waals surface area contributed by atoms with Crippen molar-refractivity contribution in [2.24, 2.45) is 11.7 Å². The summed E-state index contributed by atoms with van der Waals surface area (Å²) in [6, 6.07) is 0. The highest BCUT2D eigenvalue weighted by molar-refractivity contribution is 5.81. The monoisotopic (exact) mass is 278 g/mol. The fraction of sp³-hybridized carbons (Fsp3) is 0.800. The Labute approximate surface area is 120 Å². The van der Waals surface area contributed by atoms with E-state index in [1.54, 1.807) is 0 Å². The highest BCUT2D eigenvalue weighted by Crippen LogP contribution is 2.29. The van der Waals surface area contributed by atoms with Crippen molar-refractivity contribution >= 4 is 5.78 Å². The number of nitrogens with zero attached hydrogens (tertiary/aromatic N) is 3. The van der Waals surface area contributed by atoms with Crippen molar-refractivity contribution in [2.75, 3.05) is 0 Å². The molecule has 2 rings (SSSR count). The Hall–Kier alpha value is -1.23. The lowest BCUT2D eigenvalue weighted by atomic mass is 9.79. The van der Waals surface area contributed by atoms with Crippen LogP contribution in [0.1, 0.15) is 58.2 Å². The molecule has 5 heteroatoms. The van der Waals surface area contributed by atoms with Crippen molar-refractivity contribution in [2.45, 2.75) is 70.9 Å². The Morgan fingerprint density at radius 2 is 2.10 bits per heavy atom. The second kappa shape index (κ2) is 6.48. The summed E-state index contributed by atoms with van der Waals surface area (Å²) in [6.45, 7) is 5.06. The van der Waals surface area contributed by atoms with Gasteiger partial charge in [-0.2, -0.15) is 5.10 Å². The molecule has 0 atom stereocenters. The third-order valence-corrected chi connectivity index (χ3v) is 3.99. The van der Waals surface area contributed by atoms with Gasteiger partial charge in [0.25, 0.3) is 0 Å². The zero-order valence-electron chi connectivity index (χ0n) is 12.6. The Balaban J connectivity index is 1.92. The van der Waals surface area contributed by atoms with Gasteiger partial charge in [-0.05, 0) is 18.8 Å². The van der Waals surface area contributed by atoms with Gasteiger partial charge in [-0.15, -0.1) is 0 Å². The average molecular weight is 278 g/mol. The average Bonchev–Trinajstić information content (AvgIpc) is 2.75. The summed E-state index contributed by atoms with van der Waals surface area (Å²) < 4.78 is 1.84. The first kappa shape index (κ1) is 15.2. The quantitative estimate of drug-likeness (QED) is 0.864. The Morgan fingerprint density at radius 3 is 2.75 bits per heavy atom. The third-order valence-electron chi connectivity index (χ3n) is 3.99. The molecule has 1 heterocycles. The Bertz CT molecular complexity index is 446. The molecular weight excluding hydrogens is 252 g/mol. The van der Waals surface area contributed by atoms with Crippen molar-refractivity contribution in [1.82, 2.24) is 14.8 Å². The molecule has 0 amide bonds. The molecule has 0 aromatic carbocycles. The van der Waals surface area contributed by atoms with Gasteiger partial charge in [-0.25, -0.2) is 9.67 Å². The topological polar surface area (TPSA) is 73.8 Å². The summed E-state index contributed by atoms with van der Waals surface area (Å²) in [5.41, 5.74) is 6.06. The molecular formula is C15H26N4O. The standard InChI is InChI=1S/C15H26N4O/c1-12(2)10-19-14(17-11-18-19)8-13(20)9-15(16)6-4-3-5-7-15/h11-12H,3-10,16H2,1-2H3. The van der Waals surface area contributed by atoms with Crippen LogP contribution in [0, 0.1) is 5.92 Å². The van der Waals surface area contributed by atoms with E-state index in [1.165, 1.54) is 12.7 Å². The van der Waals surface area contributed by atoms with E-state index in [2.05, 4.69) is 23.9 Å². The molecule has 1 aliphatic carbocycles. The number of hydrogen-bond acceptors (Lipinski definition) is 4. The molecule has 0 aliphatic heterocycles. The molecule has 5 nitrogen and oxygen atoms in total. The molecule has 0 radical (unpaired) electrons. The number of hydrogen-bond donors (Lipinski definition) is 1. The summed E-state index contributed by atoms with van der Waals surface area (Å²) in [5, 5.41) is 4.20. The van der Waals surface area contributed by atoms with Gasteiger partial charge in [0.1, 0.15) is 17.9 Å². The van der Waals surface area contributed by atoms with Gasteiger partial charge in [0.05, 0.1) is 6.42 Å². The minimum atomic E-state index is -0.280. The molecule has 0 bridgehead atoms. The molecule has 1 fully saturated rings. The fourth-order valence-electron chi connectivity index (χ4n) is 2.99. The van der Waals surface area contributed by atoms with E-state index in [1.807, 2.05) is 4.68 Å². The van der Waals surface area contributed by atoms with Gasteiger partial charge in [0, 0.05) is 18.5 Å². The van der Waals surface area contributed by atoms with Crippen LogP contribution in [0.25, 0.3) is 0 Å². The lowest BCUT2D eigenvalue weighted by Gasteiger charge is -2.32. The lowest BCUT2D eigenvalue weighted by Crippen LogP contribution is -2.43. The summed E-state index contributed by atoms with van der Waals surface area (Å²) in [5.74, 6) is 1.44. The predicted octanol–water partition coefficient (Wildman–Crippen LogP) is 2.10. The second-order valence-corrected chi connectivity index (χ2v) is 6.57. The van der Waals surface area contributed by atoms with Gasteiger partial charge in [-0.1, -0.05) is 33.1 Å². The number of rotatable bonds is 6. The zero-order chi connectivity index (χ0) is 14.6. The number of Topliss-reactive ketones (excluding diaryl/α,β-unsaturated/α-hetero) is 1. The van der Waals surface area contributed by atoms with Crippen LogP contribution in [0.4, 0.5) is 0 Å². The second-order valence-electron chi connectivity index (χ2n) is 6.57. The highest BCUT2D eigenvalue weighted by Gasteiger charge is 2.30. The van der Waals surface area contributed by atoms with Crippen LogP contribution in [0.3, 0.4) is 0 Å². The van der Waals surface area contributed by atoms with E-state index in [9.17, 15) is 4.79 Å². The smallest absolute Gasteiger partial charge is 0.142 e. The van der Waals surface area contributed by atoms with E-state index in [4.69, 9.17) is 5.73 Å². The van der Waals surface area contributed by atoms with Crippen molar-refractivity contribution in [3.05, 3.63) is 12.2 Å². The summed E-state index contributed by atoms with van der Waals surface area (Å²) in [7, 11) is 0. The van der Waals surface area contributed by atoms with Crippen molar-refractivity contribution in [3.63, 3.8) is 0 Å². The summed E-state index contributed by atoms with van der Waals surface area (Å²) in [6.07, 6.45) is 7.84. The largest absolute Gasteiger partial charge is 0.325 e. The first-order valence-corrected chi connectivity index (χ1v) is 7.66. The number of carbonyl (C=O) groups excluding carboxylic acids is 1. The van der Waals surface area contributed by atoms with Crippen LogP contribution in [0.15, 0.2) is 6.33 Å². The van der Waals surface area contributed by atoms with Crippen molar-refractivity contribution in [1.29, 1.82) is 0 Å². The van der Waals surface area contributed by atoms with Crippen LogP contribution >= 0.6 is 0 Å². The van der Waals surface area contributed by atoms with E-state index >= 15 is 0 Å². The molecule has 0 unspecified atom stereocenters. The van der Waals surface area contributed by atoms with Crippen LogP contribution < -0.4 is 5.73 Å². The van der Waals surface area contributed by atoms with E-state index in [-0.39, 0.29) is 11.3 Å². The van der Waals surface area contributed by atoms with Crippen LogP contribution in [-0.2, 0) is 17.8 Å². The first-order valence-electron chi connectivity index (χ1n) is 7.66. The van der Waals surface area contributed by atoms with Crippen LogP contribution in [-0.4, -0.2) is 26.1 Å². The maximum absolute atomic E-state index is 12.3. The fourth-order valence-corrected chi connectivity index (χ4v) is 2.99. The van der Waals surface area contributed by atoms with Gasteiger partial charge in [0.2, 0.25) is 0 Å². The van der Waals surface area contributed by atoms with E-state index in [0.29, 0.717) is 18.8 Å². The van der Waals surface area contributed by atoms with Gasteiger partial charge in [-0.3, -0.25) is 4.79 Å². The maximum Gasteiger partial charge on any atom is 0.142 e. The van der Waals surface area contributed by atoms with Crippen LogP contribution in [0.2, 0.25) is 0 Å². The number of nitrogens with two attached hydrogens (primary N) is 1. The lowest BCUT2D eigenvalue weighted by molar-refractivity contribution is -0.120. The van der Waals surface area contributed by atoms with Gasteiger partial charge in [0.15, 0.2) is 0 Å². The van der Waals surface area contributed by atoms with E-state index in [0.717, 1.165) is 38.1 Å². The predicted molar refractivity (Wildman–Crippen MR) is 78.2 cm³/mol. The molecule has 2 N–H and O–H groups in total. The number of aromatic nitrogens is 3. The minimum absolute atomic E-state index is 0.187. The normalized spacial score (nSPS) is 18.4. The van der Waals surface area contributed by atoms with E-state index < -0.39 is 0 Å². The summed E-state index contributed by atoms with van der Waals surface area (Å²) in [4.78, 5) is 16.5.